The van der Waals surface area contributed by atoms with Gasteiger partial charge in [-0.3, -0.25) is 10.0 Å². The molecule has 0 spiro atoms. The van der Waals surface area contributed by atoms with Crippen LogP contribution in [0.1, 0.15) is 32.1 Å². The third-order valence-corrected chi connectivity index (χ3v) is 3.98. The molecule has 9 heteroatoms. The maximum Gasteiger partial charge on any atom is 0.243 e. The van der Waals surface area contributed by atoms with Gasteiger partial charge in [0.15, 0.2) is 5.65 Å². The predicted molar refractivity (Wildman–Crippen MR) is 99.9 cm³/mol. The molecular weight excluding hydrogens is 348 g/mol. The van der Waals surface area contributed by atoms with Crippen molar-refractivity contribution in [2.75, 3.05) is 11.9 Å². The van der Waals surface area contributed by atoms with Gasteiger partial charge >= 0.3 is 0 Å². The fourth-order valence-electron chi connectivity index (χ4n) is 2.55. The van der Waals surface area contributed by atoms with E-state index in [9.17, 15) is 4.79 Å². The Morgan fingerprint density at radius 3 is 2.74 bits per heavy atom. The van der Waals surface area contributed by atoms with Crippen LogP contribution in [0.2, 0.25) is 0 Å². The van der Waals surface area contributed by atoms with E-state index >= 15 is 0 Å². The highest BCUT2D eigenvalue weighted by Crippen LogP contribution is 2.19. The molecule has 0 aliphatic heterocycles. The lowest BCUT2D eigenvalue weighted by Crippen LogP contribution is -2.17. The molecule has 0 fully saturated rings. The van der Waals surface area contributed by atoms with E-state index in [0.29, 0.717) is 24.6 Å². The van der Waals surface area contributed by atoms with Crippen LogP contribution in [0.5, 0.6) is 5.75 Å². The summed E-state index contributed by atoms with van der Waals surface area (Å²) in [4.78, 5) is 26.5. The minimum absolute atomic E-state index is 0.338. The second kappa shape index (κ2) is 9.48. The molecule has 0 bridgehead atoms. The van der Waals surface area contributed by atoms with Gasteiger partial charge in [-0.15, -0.1) is 0 Å². The Bertz CT molecular complexity index is 865. The number of amides is 1. The van der Waals surface area contributed by atoms with E-state index in [0.717, 1.165) is 42.6 Å². The molecule has 0 atom stereocenters. The van der Waals surface area contributed by atoms with Gasteiger partial charge in [-0.2, -0.15) is 4.98 Å². The lowest BCUT2D eigenvalue weighted by molar-refractivity contribution is -0.129. The number of fused-ring (bicyclic) bond motifs is 1. The zero-order chi connectivity index (χ0) is 18.9. The van der Waals surface area contributed by atoms with Crippen molar-refractivity contribution in [3.63, 3.8) is 0 Å². The highest BCUT2D eigenvalue weighted by atomic mass is 16.5. The molecule has 0 saturated heterocycles. The lowest BCUT2D eigenvalue weighted by atomic mass is 10.1. The van der Waals surface area contributed by atoms with Crippen LogP contribution in [0.3, 0.4) is 0 Å². The third-order valence-electron chi connectivity index (χ3n) is 3.98. The fourth-order valence-corrected chi connectivity index (χ4v) is 2.55. The lowest BCUT2D eigenvalue weighted by Gasteiger charge is -2.08. The van der Waals surface area contributed by atoms with Crippen LogP contribution in [0.15, 0.2) is 36.8 Å². The summed E-state index contributed by atoms with van der Waals surface area (Å²) >= 11 is 0. The number of anilines is 2. The van der Waals surface area contributed by atoms with Crippen LogP contribution < -0.4 is 15.5 Å². The fraction of sp³-hybridized carbons (Fsp3) is 0.333. The van der Waals surface area contributed by atoms with Gasteiger partial charge < -0.3 is 15.0 Å². The van der Waals surface area contributed by atoms with Crippen molar-refractivity contribution in [2.45, 2.75) is 32.1 Å². The standard InChI is InChI=1S/C18H22N6O3/c25-16(24-26)5-3-1-2-4-10-27-14-8-6-13(7-9-14)22-18-19-11-15-17(23-18)21-12-20-15/h6-9,11-12,26H,1-5,10H2,(H,24,25)(H2,19,20,21,22,23). The molecule has 0 unspecified atom stereocenters. The smallest absolute Gasteiger partial charge is 0.243 e. The van der Waals surface area contributed by atoms with Crippen molar-refractivity contribution in [1.82, 2.24) is 25.4 Å². The highest BCUT2D eigenvalue weighted by Gasteiger charge is 2.03. The summed E-state index contributed by atoms with van der Waals surface area (Å²) in [6, 6.07) is 7.60. The number of ether oxygens (including phenoxy) is 1. The number of aromatic nitrogens is 4. The van der Waals surface area contributed by atoms with Crippen molar-refractivity contribution >= 4 is 28.7 Å². The number of hydroxylamine groups is 1. The zero-order valence-corrected chi connectivity index (χ0v) is 14.8. The van der Waals surface area contributed by atoms with E-state index in [4.69, 9.17) is 9.94 Å². The number of hydrogen-bond donors (Lipinski definition) is 4. The molecule has 0 aliphatic carbocycles. The molecule has 142 valence electrons. The molecule has 2 aromatic heterocycles. The normalized spacial score (nSPS) is 10.7. The molecule has 1 amide bonds. The van der Waals surface area contributed by atoms with Crippen molar-refractivity contribution in [1.29, 1.82) is 0 Å². The summed E-state index contributed by atoms with van der Waals surface area (Å²) in [5, 5.41) is 11.5. The predicted octanol–water partition coefficient (Wildman–Crippen LogP) is 2.93. The number of imidazole rings is 1. The summed E-state index contributed by atoms with van der Waals surface area (Å²) in [6.07, 6.45) is 7.18. The minimum Gasteiger partial charge on any atom is -0.494 e. The number of H-pyrrole nitrogens is 1. The van der Waals surface area contributed by atoms with E-state index in [2.05, 4.69) is 25.3 Å². The van der Waals surface area contributed by atoms with Crippen molar-refractivity contribution in [3.8, 4) is 5.75 Å². The molecule has 0 saturated carbocycles. The number of nitrogens with one attached hydrogen (secondary N) is 3. The number of hydrogen-bond acceptors (Lipinski definition) is 7. The first-order chi connectivity index (χ1) is 13.2. The van der Waals surface area contributed by atoms with E-state index in [1.54, 1.807) is 18.0 Å². The van der Waals surface area contributed by atoms with Crippen LogP contribution in [0.4, 0.5) is 11.6 Å². The molecule has 27 heavy (non-hydrogen) atoms. The average molecular weight is 370 g/mol. The van der Waals surface area contributed by atoms with Gasteiger partial charge in [0.1, 0.15) is 11.3 Å². The molecule has 0 aliphatic rings. The van der Waals surface area contributed by atoms with Crippen LogP contribution in [-0.4, -0.2) is 37.7 Å². The Kier molecular flexibility index (Phi) is 6.53. The molecular formula is C18H22N6O3. The topological polar surface area (TPSA) is 125 Å². The van der Waals surface area contributed by atoms with E-state index in [-0.39, 0.29) is 5.91 Å². The van der Waals surface area contributed by atoms with Crippen LogP contribution in [0.25, 0.3) is 11.2 Å². The van der Waals surface area contributed by atoms with Crippen molar-refractivity contribution in [2.24, 2.45) is 0 Å². The summed E-state index contributed by atoms with van der Waals surface area (Å²) < 4.78 is 5.72. The van der Waals surface area contributed by atoms with Crippen LogP contribution in [0, 0.1) is 0 Å². The molecule has 2 heterocycles. The van der Waals surface area contributed by atoms with Gasteiger partial charge in [0.25, 0.3) is 0 Å². The number of aromatic amines is 1. The Hall–Kier alpha value is -3.20. The maximum absolute atomic E-state index is 10.9. The minimum atomic E-state index is -0.338. The Labute approximate surface area is 156 Å². The number of carbonyl (C=O) groups excluding carboxylic acids is 1. The Morgan fingerprint density at radius 2 is 1.93 bits per heavy atom. The largest absolute Gasteiger partial charge is 0.494 e. The molecule has 9 nitrogen and oxygen atoms in total. The van der Waals surface area contributed by atoms with E-state index in [1.807, 2.05) is 24.3 Å². The highest BCUT2D eigenvalue weighted by molar-refractivity contribution is 5.74. The monoisotopic (exact) mass is 370 g/mol. The summed E-state index contributed by atoms with van der Waals surface area (Å²) in [5.41, 5.74) is 3.91. The molecule has 0 radical (unpaired) electrons. The first kappa shape index (κ1) is 18.6. The quantitative estimate of drug-likeness (QED) is 0.246. The average Bonchev–Trinajstić information content (AvgIpc) is 3.16. The first-order valence-corrected chi connectivity index (χ1v) is 8.83. The summed E-state index contributed by atoms with van der Waals surface area (Å²) in [6.45, 7) is 0.624. The SMILES string of the molecule is O=C(CCCCCCOc1ccc(Nc2ncc3nc[nH]c3n2)cc1)NO. The van der Waals surface area contributed by atoms with Gasteiger partial charge in [0.2, 0.25) is 11.9 Å². The number of nitrogens with zero attached hydrogens (tertiary/aromatic N) is 3. The molecule has 3 rings (SSSR count). The van der Waals surface area contributed by atoms with Crippen molar-refractivity contribution < 1.29 is 14.7 Å². The Balaban J connectivity index is 1.38. The number of benzene rings is 1. The molecule has 3 aromatic rings. The van der Waals surface area contributed by atoms with Gasteiger partial charge in [0.05, 0.1) is 19.1 Å². The van der Waals surface area contributed by atoms with E-state index < -0.39 is 0 Å². The summed E-state index contributed by atoms with van der Waals surface area (Å²) in [7, 11) is 0. The molecule has 4 N–H and O–H groups in total. The van der Waals surface area contributed by atoms with Crippen LogP contribution >= 0.6 is 0 Å². The van der Waals surface area contributed by atoms with Gasteiger partial charge in [0, 0.05) is 12.1 Å². The van der Waals surface area contributed by atoms with Gasteiger partial charge in [-0.25, -0.2) is 15.4 Å². The summed E-state index contributed by atoms with van der Waals surface area (Å²) in [5.74, 6) is 0.954. The second-order valence-corrected chi connectivity index (χ2v) is 6.03. The molecule has 1 aromatic carbocycles. The number of rotatable bonds is 10. The maximum atomic E-state index is 10.9. The number of unbranched alkanes of at least 4 members (excludes halogenated alkanes) is 3. The second-order valence-electron chi connectivity index (χ2n) is 6.03. The zero-order valence-electron chi connectivity index (χ0n) is 14.8. The van der Waals surface area contributed by atoms with Crippen LogP contribution in [-0.2, 0) is 4.79 Å². The van der Waals surface area contributed by atoms with E-state index in [1.165, 1.54) is 0 Å². The van der Waals surface area contributed by atoms with Gasteiger partial charge in [-0.1, -0.05) is 12.8 Å². The Morgan fingerprint density at radius 1 is 1.11 bits per heavy atom. The van der Waals surface area contributed by atoms with Gasteiger partial charge in [-0.05, 0) is 37.1 Å². The third kappa shape index (κ3) is 5.65. The number of carbonyl (C=O) groups is 1. The van der Waals surface area contributed by atoms with Crippen molar-refractivity contribution in [3.05, 3.63) is 36.8 Å². The first-order valence-electron chi connectivity index (χ1n) is 8.83.